The Balaban J connectivity index is 1.87. The van der Waals surface area contributed by atoms with Crippen molar-refractivity contribution in [2.45, 2.75) is 12.8 Å². The van der Waals surface area contributed by atoms with Crippen LogP contribution in [0.25, 0.3) is 10.9 Å². The van der Waals surface area contributed by atoms with E-state index in [9.17, 15) is 10.2 Å². The van der Waals surface area contributed by atoms with E-state index in [4.69, 9.17) is 0 Å². The van der Waals surface area contributed by atoms with E-state index in [-0.39, 0.29) is 0 Å². The largest absolute Gasteiger partial charge is 0.508 e. The molecule has 0 saturated carbocycles. The summed E-state index contributed by atoms with van der Waals surface area (Å²) in [5.74, 6) is 0.625. The van der Waals surface area contributed by atoms with Crippen LogP contribution in [0.3, 0.4) is 0 Å². The Morgan fingerprint density at radius 2 is 1.23 bits per heavy atom. The van der Waals surface area contributed by atoms with Gasteiger partial charge in [-0.25, -0.2) is 0 Å². The zero-order valence-electron chi connectivity index (χ0n) is 14.7. The molecule has 3 aromatic carbocycles. The van der Waals surface area contributed by atoms with E-state index in [1.165, 1.54) is 10.9 Å². The fourth-order valence-electron chi connectivity index (χ4n) is 3.64. The molecule has 0 aliphatic heterocycles. The average molecular weight is 343 g/mol. The smallest absolute Gasteiger partial charge is 0.119 e. The quantitative estimate of drug-likeness (QED) is 0.560. The fraction of sp³-hybridized carbons (Fsp3) is 0.130. The van der Waals surface area contributed by atoms with Crippen molar-refractivity contribution in [2.24, 2.45) is 7.05 Å². The molecule has 0 aliphatic rings. The van der Waals surface area contributed by atoms with Crippen LogP contribution in [0, 0.1) is 0 Å². The predicted octanol–water partition coefficient (Wildman–Crippen LogP) is 4.77. The second-order valence-corrected chi connectivity index (χ2v) is 6.61. The number of phenolic OH excluding ortho intramolecular Hbond substituents is 2. The topological polar surface area (TPSA) is 45.4 Å². The number of para-hydroxylation sites is 3. The van der Waals surface area contributed by atoms with Gasteiger partial charge in [0.1, 0.15) is 11.5 Å². The van der Waals surface area contributed by atoms with Gasteiger partial charge in [-0.05, 0) is 34.9 Å². The Morgan fingerprint density at radius 3 is 1.88 bits per heavy atom. The van der Waals surface area contributed by atoms with Crippen molar-refractivity contribution in [1.29, 1.82) is 0 Å². The summed E-state index contributed by atoms with van der Waals surface area (Å²) in [5, 5.41) is 21.6. The van der Waals surface area contributed by atoms with Crippen LogP contribution in [0.2, 0.25) is 0 Å². The maximum absolute atomic E-state index is 10.2. The second-order valence-electron chi connectivity index (χ2n) is 6.61. The molecule has 1 aromatic heterocycles. The molecule has 0 amide bonds. The summed E-state index contributed by atoms with van der Waals surface area (Å²) in [5.41, 5.74) is 5.30. The molecule has 0 radical (unpaired) electrons. The van der Waals surface area contributed by atoms with E-state index in [1.54, 1.807) is 12.1 Å². The molecule has 130 valence electrons. The van der Waals surface area contributed by atoms with Gasteiger partial charge >= 0.3 is 0 Å². The van der Waals surface area contributed by atoms with E-state index < -0.39 is 0 Å². The summed E-state index contributed by atoms with van der Waals surface area (Å²) in [6, 6.07) is 23.2. The van der Waals surface area contributed by atoms with Crippen LogP contribution in [0.1, 0.15) is 22.4 Å². The van der Waals surface area contributed by atoms with Gasteiger partial charge in [0.15, 0.2) is 0 Å². The van der Waals surface area contributed by atoms with Gasteiger partial charge in [-0.2, -0.15) is 0 Å². The zero-order chi connectivity index (χ0) is 18.1. The molecular formula is C23H21NO2. The first-order chi connectivity index (χ1) is 12.6. The summed E-state index contributed by atoms with van der Waals surface area (Å²) in [6.45, 7) is 0. The highest BCUT2D eigenvalue weighted by molar-refractivity contribution is 5.86. The standard InChI is InChI=1S/C23H21NO2/c1-24-20-11-5-4-10-18(20)19(14-16-8-2-6-12-22(16)25)21(24)15-17-9-3-7-13-23(17)26/h2-13,25-26H,14-15H2,1H3. The van der Waals surface area contributed by atoms with Crippen LogP contribution < -0.4 is 0 Å². The lowest BCUT2D eigenvalue weighted by Gasteiger charge is -2.11. The molecule has 1 heterocycles. The lowest BCUT2D eigenvalue weighted by molar-refractivity contribution is 0.468. The first kappa shape index (κ1) is 16.3. The number of rotatable bonds is 4. The minimum absolute atomic E-state index is 0.311. The summed E-state index contributed by atoms with van der Waals surface area (Å²) < 4.78 is 2.19. The minimum Gasteiger partial charge on any atom is -0.508 e. The summed E-state index contributed by atoms with van der Waals surface area (Å²) in [7, 11) is 2.06. The Kier molecular flexibility index (Phi) is 4.13. The third-order valence-electron chi connectivity index (χ3n) is 5.05. The van der Waals surface area contributed by atoms with E-state index in [0.29, 0.717) is 24.3 Å². The molecule has 0 spiro atoms. The van der Waals surface area contributed by atoms with Crippen molar-refractivity contribution in [3.63, 3.8) is 0 Å². The molecule has 3 nitrogen and oxygen atoms in total. The van der Waals surface area contributed by atoms with Crippen LogP contribution in [0.15, 0.2) is 72.8 Å². The summed E-state index contributed by atoms with van der Waals surface area (Å²) in [4.78, 5) is 0. The SMILES string of the molecule is Cn1c(Cc2ccccc2O)c(Cc2ccccc2O)c2ccccc21. The third-order valence-corrected chi connectivity index (χ3v) is 5.05. The molecular weight excluding hydrogens is 322 g/mol. The van der Waals surface area contributed by atoms with Gasteiger partial charge in [-0.15, -0.1) is 0 Å². The van der Waals surface area contributed by atoms with Crippen molar-refractivity contribution in [1.82, 2.24) is 4.57 Å². The maximum Gasteiger partial charge on any atom is 0.119 e. The molecule has 0 unspecified atom stereocenters. The van der Waals surface area contributed by atoms with E-state index in [1.807, 2.05) is 48.5 Å². The van der Waals surface area contributed by atoms with Gasteiger partial charge < -0.3 is 14.8 Å². The summed E-state index contributed by atoms with van der Waals surface area (Å²) in [6.07, 6.45) is 1.29. The van der Waals surface area contributed by atoms with E-state index in [2.05, 4.69) is 23.7 Å². The molecule has 0 fully saturated rings. The van der Waals surface area contributed by atoms with Gasteiger partial charge in [-0.3, -0.25) is 0 Å². The predicted molar refractivity (Wildman–Crippen MR) is 105 cm³/mol. The minimum atomic E-state index is 0.311. The van der Waals surface area contributed by atoms with Crippen molar-refractivity contribution in [2.75, 3.05) is 0 Å². The third kappa shape index (κ3) is 2.82. The molecule has 3 heteroatoms. The van der Waals surface area contributed by atoms with Gasteiger partial charge in [0.05, 0.1) is 0 Å². The van der Waals surface area contributed by atoms with Crippen LogP contribution in [0.5, 0.6) is 11.5 Å². The van der Waals surface area contributed by atoms with Crippen molar-refractivity contribution in [3.05, 3.63) is 95.2 Å². The molecule has 0 atom stereocenters. The average Bonchev–Trinajstić information content (AvgIpc) is 2.91. The lowest BCUT2D eigenvalue weighted by Crippen LogP contribution is -2.02. The number of nitrogens with zero attached hydrogens (tertiary/aromatic N) is 1. The van der Waals surface area contributed by atoms with Crippen LogP contribution >= 0.6 is 0 Å². The fourth-order valence-corrected chi connectivity index (χ4v) is 3.64. The molecule has 0 bridgehead atoms. The Bertz CT molecular complexity index is 1080. The molecule has 4 aromatic rings. The number of hydrogen-bond donors (Lipinski definition) is 2. The maximum atomic E-state index is 10.2. The van der Waals surface area contributed by atoms with Gasteiger partial charge in [0.25, 0.3) is 0 Å². The van der Waals surface area contributed by atoms with Crippen molar-refractivity contribution < 1.29 is 10.2 Å². The Hall–Kier alpha value is -3.20. The highest BCUT2D eigenvalue weighted by atomic mass is 16.3. The summed E-state index contributed by atoms with van der Waals surface area (Å²) >= 11 is 0. The Morgan fingerprint density at radius 1 is 0.692 bits per heavy atom. The molecule has 2 N–H and O–H groups in total. The molecule has 4 rings (SSSR count). The highest BCUT2D eigenvalue weighted by Crippen LogP contribution is 2.32. The number of aryl methyl sites for hydroxylation is 1. The van der Waals surface area contributed by atoms with Gasteiger partial charge in [0, 0.05) is 36.5 Å². The molecule has 0 aliphatic carbocycles. The number of aromatic nitrogens is 1. The molecule has 0 saturated heterocycles. The first-order valence-corrected chi connectivity index (χ1v) is 8.74. The zero-order valence-corrected chi connectivity index (χ0v) is 14.7. The van der Waals surface area contributed by atoms with Crippen molar-refractivity contribution in [3.8, 4) is 11.5 Å². The number of hydrogen-bond acceptors (Lipinski definition) is 2. The van der Waals surface area contributed by atoms with Crippen LogP contribution in [-0.4, -0.2) is 14.8 Å². The number of fused-ring (bicyclic) bond motifs is 1. The van der Waals surface area contributed by atoms with Crippen molar-refractivity contribution >= 4 is 10.9 Å². The van der Waals surface area contributed by atoms with Crippen LogP contribution in [0.4, 0.5) is 0 Å². The highest BCUT2D eigenvalue weighted by Gasteiger charge is 2.17. The van der Waals surface area contributed by atoms with E-state index in [0.717, 1.165) is 22.3 Å². The van der Waals surface area contributed by atoms with Gasteiger partial charge in [-0.1, -0.05) is 54.6 Å². The number of benzene rings is 3. The number of phenols is 2. The van der Waals surface area contributed by atoms with Crippen LogP contribution in [-0.2, 0) is 19.9 Å². The molecule has 26 heavy (non-hydrogen) atoms. The number of aromatic hydroxyl groups is 2. The lowest BCUT2D eigenvalue weighted by atomic mass is 9.98. The second kappa shape index (κ2) is 6.60. The van der Waals surface area contributed by atoms with E-state index >= 15 is 0 Å². The monoisotopic (exact) mass is 343 g/mol. The first-order valence-electron chi connectivity index (χ1n) is 8.74. The normalized spacial score (nSPS) is 11.1. The Labute approximate surface area is 152 Å². The van der Waals surface area contributed by atoms with Gasteiger partial charge in [0.2, 0.25) is 0 Å².